The molecule has 1 unspecified atom stereocenters. The van der Waals surface area contributed by atoms with E-state index in [1.54, 1.807) is 0 Å². The third-order valence-electron chi connectivity index (χ3n) is 4.14. The van der Waals surface area contributed by atoms with E-state index < -0.39 is 6.10 Å². The van der Waals surface area contributed by atoms with Crippen LogP contribution >= 0.6 is 0 Å². The highest BCUT2D eigenvalue weighted by Crippen LogP contribution is 2.19. The molecule has 162 valence electrons. The van der Waals surface area contributed by atoms with Crippen molar-refractivity contribution in [3.63, 3.8) is 0 Å². The average Bonchev–Trinajstić information content (AvgIpc) is 2.74. The molecule has 2 rings (SSSR count). The molecule has 0 saturated heterocycles. The number of aliphatic imine (C=N–C) groups is 1. The number of aliphatic hydroxyl groups is 1. The van der Waals surface area contributed by atoms with Gasteiger partial charge in [0.25, 0.3) is 0 Å². The summed E-state index contributed by atoms with van der Waals surface area (Å²) in [5.41, 5.74) is 1.78. The van der Waals surface area contributed by atoms with Crippen molar-refractivity contribution in [1.29, 1.82) is 0 Å². The van der Waals surface area contributed by atoms with Crippen LogP contribution in [-0.4, -0.2) is 42.7 Å². The fourth-order valence-corrected chi connectivity index (χ4v) is 2.72. The molecule has 1 amide bonds. The van der Waals surface area contributed by atoms with Crippen molar-refractivity contribution >= 4 is 11.9 Å². The average molecular weight is 413 g/mol. The van der Waals surface area contributed by atoms with Crippen molar-refractivity contribution in [2.24, 2.45) is 4.99 Å². The van der Waals surface area contributed by atoms with Crippen molar-refractivity contribution in [1.82, 2.24) is 16.0 Å². The predicted octanol–water partition coefficient (Wildman–Crippen LogP) is 2.38. The highest BCUT2D eigenvalue weighted by Gasteiger charge is 2.10. The van der Waals surface area contributed by atoms with Crippen LogP contribution in [-0.2, 0) is 11.3 Å². The number of ether oxygens (including phenoxy) is 1. The topological polar surface area (TPSA) is 95.0 Å². The fourth-order valence-electron chi connectivity index (χ4n) is 2.72. The Morgan fingerprint density at radius 2 is 1.83 bits per heavy atom. The van der Waals surface area contributed by atoms with Crippen molar-refractivity contribution in [3.05, 3.63) is 65.7 Å². The summed E-state index contributed by atoms with van der Waals surface area (Å²) in [5.74, 6) is 1.02. The molecule has 2 aromatic carbocycles. The summed E-state index contributed by atoms with van der Waals surface area (Å²) in [6.45, 7) is 7.21. The summed E-state index contributed by atoms with van der Waals surface area (Å²) in [7, 11) is 0. The molecule has 0 fully saturated rings. The van der Waals surface area contributed by atoms with Crippen LogP contribution in [0.4, 0.5) is 0 Å². The van der Waals surface area contributed by atoms with Gasteiger partial charge in [0, 0.05) is 19.6 Å². The summed E-state index contributed by atoms with van der Waals surface area (Å²) in [5, 5.41) is 19.5. The molecular formula is C23H32N4O3. The monoisotopic (exact) mass is 412 g/mol. The van der Waals surface area contributed by atoms with Crippen molar-refractivity contribution in [3.8, 4) is 5.75 Å². The third kappa shape index (κ3) is 8.53. The molecule has 0 aliphatic rings. The minimum Gasteiger partial charge on any atom is -0.491 e. The first-order chi connectivity index (χ1) is 14.5. The number of hydrogen-bond donors (Lipinski definition) is 4. The number of carbonyl (C=O) groups excluding carboxylic acids is 1. The minimum absolute atomic E-state index is 0.00399. The van der Waals surface area contributed by atoms with E-state index in [1.807, 2.05) is 75.4 Å². The molecule has 0 spiro atoms. The van der Waals surface area contributed by atoms with E-state index in [1.165, 1.54) is 0 Å². The molecule has 7 nitrogen and oxygen atoms in total. The van der Waals surface area contributed by atoms with Crippen molar-refractivity contribution in [2.75, 3.05) is 19.6 Å². The molecule has 0 aliphatic carbocycles. The van der Waals surface area contributed by atoms with Crippen LogP contribution in [0.5, 0.6) is 5.75 Å². The number of carbonyl (C=O) groups is 1. The van der Waals surface area contributed by atoms with Crippen molar-refractivity contribution in [2.45, 2.75) is 39.5 Å². The second-order valence-electron chi connectivity index (χ2n) is 7.09. The normalized spacial score (nSPS) is 12.4. The molecule has 0 bridgehead atoms. The van der Waals surface area contributed by atoms with E-state index in [2.05, 4.69) is 20.9 Å². The smallest absolute Gasteiger partial charge is 0.242 e. The number of guanidine groups is 1. The Morgan fingerprint density at radius 3 is 2.53 bits per heavy atom. The SMILES string of the molecule is CCNC(=NCC(=O)NCc1ccccc1)NCC(O)c1cccc(OC(C)C)c1. The van der Waals surface area contributed by atoms with Crippen LogP contribution in [0.15, 0.2) is 59.6 Å². The van der Waals surface area contributed by atoms with Gasteiger partial charge in [0.15, 0.2) is 5.96 Å². The van der Waals surface area contributed by atoms with Gasteiger partial charge < -0.3 is 25.8 Å². The molecule has 1 atom stereocenters. The predicted molar refractivity (Wildman–Crippen MR) is 119 cm³/mol. The van der Waals surface area contributed by atoms with E-state index in [-0.39, 0.29) is 25.1 Å². The number of nitrogens with one attached hydrogen (secondary N) is 3. The zero-order valence-corrected chi connectivity index (χ0v) is 17.9. The molecular weight excluding hydrogens is 380 g/mol. The first kappa shape index (κ1) is 23.2. The first-order valence-electron chi connectivity index (χ1n) is 10.3. The van der Waals surface area contributed by atoms with E-state index in [0.29, 0.717) is 19.0 Å². The highest BCUT2D eigenvalue weighted by molar-refractivity contribution is 5.84. The summed E-state index contributed by atoms with van der Waals surface area (Å²) < 4.78 is 5.68. The first-order valence-corrected chi connectivity index (χ1v) is 10.3. The molecule has 4 N–H and O–H groups in total. The van der Waals surface area contributed by atoms with Gasteiger partial charge in [-0.1, -0.05) is 42.5 Å². The van der Waals surface area contributed by atoms with Gasteiger partial charge in [-0.25, -0.2) is 4.99 Å². The molecule has 2 aromatic rings. The Labute approximate surface area is 178 Å². The van der Waals surface area contributed by atoms with E-state index >= 15 is 0 Å². The molecule has 30 heavy (non-hydrogen) atoms. The van der Waals surface area contributed by atoms with Gasteiger partial charge in [-0.05, 0) is 44.0 Å². The van der Waals surface area contributed by atoms with Crippen LogP contribution in [0.25, 0.3) is 0 Å². The number of amides is 1. The van der Waals surface area contributed by atoms with Crippen LogP contribution in [0.3, 0.4) is 0 Å². The quantitative estimate of drug-likeness (QED) is 0.355. The van der Waals surface area contributed by atoms with Gasteiger partial charge in [0.1, 0.15) is 12.3 Å². The lowest BCUT2D eigenvalue weighted by molar-refractivity contribution is -0.119. The number of hydrogen-bond acceptors (Lipinski definition) is 4. The Bertz CT molecular complexity index is 809. The van der Waals surface area contributed by atoms with Crippen LogP contribution in [0, 0.1) is 0 Å². The molecule has 0 aromatic heterocycles. The van der Waals surface area contributed by atoms with Gasteiger partial charge in [-0.15, -0.1) is 0 Å². The standard InChI is InChI=1S/C23H32N4O3/c1-4-24-23(27-16-22(29)25-14-18-9-6-5-7-10-18)26-15-21(28)19-11-8-12-20(13-19)30-17(2)3/h5-13,17,21,28H,4,14-16H2,1-3H3,(H,25,29)(H2,24,26,27). The maximum atomic E-state index is 12.1. The van der Waals surface area contributed by atoms with Crippen molar-refractivity contribution < 1.29 is 14.6 Å². The van der Waals surface area contributed by atoms with Gasteiger partial charge in [-0.2, -0.15) is 0 Å². The molecule has 0 heterocycles. The molecule has 0 saturated carbocycles. The minimum atomic E-state index is -0.739. The second kappa shape index (κ2) is 12.5. The lowest BCUT2D eigenvalue weighted by Crippen LogP contribution is -2.40. The lowest BCUT2D eigenvalue weighted by Gasteiger charge is -2.17. The number of benzene rings is 2. The third-order valence-corrected chi connectivity index (χ3v) is 4.14. The fraction of sp³-hybridized carbons (Fsp3) is 0.391. The molecule has 7 heteroatoms. The van der Waals surface area contributed by atoms with E-state index in [4.69, 9.17) is 4.74 Å². The van der Waals surface area contributed by atoms with Gasteiger partial charge >= 0.3 is 0 Å². The van der Waals surface area contributed by atoms with Gasteiger partial charge in [0.2, 0.25) is 5.91 Å². The van der Waals surface area contributed by atoms with Crippen LogP contribution < -0.4 is 20.7 Å². The summed E-state index contributed by atoms with van der Waals surface area (Å²) >= 11 is 0. The molecule has 0 radical (unpaired) electrons. The summed E-state index contributed by atoms with van der Waals surface area (Å²) in [6, 6.07) is 17.1. The van der Waals surface area contributed by atoms with E-state index in [0.717, 1.165) is 16.9 Å². The number of nitrogens with zero attached hydrogens (tertiary/aromatic N) is 1. The van der Waals surface area contributed by atoms with Gasteiger partial charge in [0.05, 0.1) is 12.2 Å². The maximum Gasteiger partial charge on any atom is 0.242 e. The maximum absolute atomic E-state index is 12.1. The Balaban J connectivity index is 1.86. The number of rotatable bonds is 10. The highest BCUT2D eigenvalue weighted by atomic mass is 16.5. The Morgan fingerprint density at radius 1 is 1.07 bits per heavy atom. The Hall–Kier alpha value is -3.06. The molecule has 0 aliphatic heterocycles. The lowest BCUT2D eigenvalue weighted by atomic mass is 10.1. The number of aliphatic hydroxyl groups excluding tert-OH is 1. The summed E-state index contributed by atoms with van der Waals surface area (Å²) in [6.07, 6.45) is -0.674. The second-order valence-corrected chi connectivity index (χ2v) is 7.09. The zero-order chi connectivity index (χ0) is 21.8. The van der Waals surface area contributed by atoms with Crippen LogP contribution in [0.1, 0.15) is 38.0 Å². The summed E-state index contributed by atoms with van der Waals surface area (Å²) in [4.78, 5) is 16.4. The van der Waals surface area contributed by atoms with E-state index in [9.17, 15) is 9.90 Å². The zero-order valence-electron chi connectivity index (χ0n) is 17.9. The largest absolute Gasteiger partial charge is 0.491 e. The van der Waals surface area contributed by atoms with Gasteiger partial charge in [-0.3, -0.25) is 4.79 Å². The Kier molecular flexibility index (Phi) is 9.67. The van der Waals surface area contributed by atoms with Crippen LogP contribution in [0.2, 0.25) is 0 Å².